The summed E-state index contributed by atoms with van der Waals surface area (Å²) in [4.78, 5) is 0. The maximum absolute atomic E-state index is 9.38. The van der Waals surface area contributed by atoms with Crippen molar-refractivity contribution in [2.75, 3.05) is 7.05 Å². The predicted molar refractivity (Wildman–Crippen MR) is 64.5 cm³/mol. The molecule has 1 atom stereocenters. The summed E-state index contributed by atoms with van der Waals surface area (Å²) in [6, 6.07) is 7.24. The molecule has 0 amide bonds. The molecule has 0 saturated carbocycles. The van der Waals surface area contributed by atoms with Crippen LogP contribution >= 0.6 is 11.3 Å². The number of phenolic OH excluding ortho intramolecular Hbond substituents is 1. The van der Waals surface area contributed by atoms with Crippen molar-refractivity contribution in [3.8, 4) is 16.3 Å². The number of hydrogen-bond donors (Lipinski definition) is 2. The predicted octanol–water partition coefficient (Wildman–Crippen LogP) is 2.19. The highest BCUT2D eigenvalue weighted by atomic mass is 32.1. The van der Waals surface area contributed by atoms with Gasteiger partial charge in [-0.25, -0.2) is 0 Å². The maximum atomic E-state index is 9.38. The van der Waals surface area contributed by atoms with E-state index in [0.29, 0.717) is 0 Å². The molecule has 0 radical (unpaired) electrons. The van der Waals surface area contributed by atoms with Crippen LogP contribution in [0.4, 0.5) is 0 Å². The van der Waals surface area contributed by atoms with E-state index in [2.05, 4.69) is 15.5 Å². The Balaban J connectivity index is 2.31. The third-order valence-corrected chi connectivity index (χ3v) is 3.49. The summed E-state index contributed by atoms with van der Waals surface area (Å²) in [5.41, 5.74) is 0.895. The molecular formula is C11H13N3OS. The fourth-order valence-corrected chi connectivity index (χ4v) is 2.19. The largest absolute Gasteiger partial charge is 0.508 e. The molecule has 0 aliphatic rings. The van der Waals surface area contributed by atoms with E-state index in [9.17, 15) is 5.11 Å². The zero-order chi connectivity index (χ0) is 11.5. The molecule has 2 aromatic rings. The molecule has 1 aromatic heterocycles. The van der Waals surface area contributed by atoms with Crippen molar-refractivity contribution in [2.45, 2.75) is 13.0 Å². The molecule has 4 nitrogen and oxygen atoms in total. The second-order valence-corrected chi connectivity index (χ2v) is 4.52. The van der Waals surface area contributed by atoms with Crippen molar-refractivity contribution >= 4 is 11.3 Å². The van der Waals surface area contributed by atoms with Crippen LogP contribution in [-0.2, 0) is 0 Å². The fourth-order valence-electron chi connectivity index (χ4n) is 1.29. The van der Waals surface area contributed by atoms with Crippen molar-refractivity contribution in [3.63, 3.8) is 0 Å². The van der Waals surface area contributed by atoms with E-state index in [1.54, 1.807) is 18.2 Å². The lowest BCUT2D eigenvalue weighted by atomic mass is 10.2. The van der Waals surface area contributed by atoms with Crippen molar-refractivity contribution in [3.05, 3.63) is 29.3 Å². The Bertz CT molecular complexity index is 484. The van der Waals surface area contributed by atoms with Crippen molar-refractivity contribution < 1.29 is 5.11 Å². The highest BCUT2D eigenvalue weighted by Gasteiger charge is 2.11. The minimum absolute atomic E-state index is 0.198. The van der Waals surface area contributed by atoms with Gasteiger partial charge in [0.05, 0.1) is 6.04 Å². The van der Waals surface area contributed by atoms with Crippen LogP contribution in [0.15, 0.2) is 24.3 Å². The number of nitrogens with one attached hydrogen (secondary N) is 1. The number of aromatic hydroxyl groups is 1. The Hall–Kier alpha value is -1.46. The van der Waals surface area contributed by atoms with E-state index < -0.39 is 0 Å². The molecule has 1 heterocycles. The molecule has 0 bridgehead atoms. The molecule has 0 saturated heterocycles. The van der Waals surface area contributed by atoms with E-state index in [-0.39, 0.29) is 11.8 Å². The molecule has 0 aliphatic carbocycles. The highest BCUT2D eigenvalue weighted by Crippen LogP contribution is 2.28. The van der Waals surface area contributed by atoms with Gasteiger partial charge in [0.1, 0.15) is 15.8 Å². The van der Waals surface area contributed by atoms with Crippen molar-refractivity contribution in [2.24, 2.45) is 0 Å². The first-order valence-electron chi connectivity index (χ1n) is 5.01. The van der Waals surface area contributed by atoms with Gasteiger partial charge in [0.15, 0.2) is 0 Å². The number of rotatable bonds is 3. The summed E-state index contributed by atoms with van der Waals surface area (Å²) in [5.74, 6) is 0.246. The lowest BCUT2D eigenvalue weighted by Crippen LogP contribution is -2.11. The quantitative estimate of drug-likeness (QED) is 0.856. The van der Waals surface area contributed by atoms with Crippen LogP contribution in [-0.4, -0.2) is 22.4 Å². The average Bonchev–Trinajstić information content (AvgIpc) is 2.77. The monoisotopic (exact) mass is 235 g/mol. The van der Waals surface area contributed by atoms with Gasteiger partial charge in [0, 0.05) is 5.56 Å². The second-order valence-electron chi connectivity index (χ2n) is 3.51. The Morgan fingerprint density at radius 3 is 2.88 bits per heavy atom. The molecule has 0 fully saturated rings. The normalized spacial score (nSPS) is 12.6. The molecule has 5 heteroatoms. The van der Waals surface area contributed by atoms with E-state index in [0.717, 1.165) is 15.6 Å². The first-order chi connectivity index (χ1) is 7.70. The highest BCUT2D eigenvalue weighted by molar-refractivity contribution is 7.14. The van der Waals surface area contributed by atoms with Crippen LogP contribution in [0.1, 0.15) is 18.0 Å². The molecule has 2 rings (SSSR count). The number of nitrogens with zero attached hydrogens (tertiary/aromatic N) is 2. The van der Waals surface area contributed by atoms with E-state index >= 15 is 0 Å². The third-order valence-electron chi connectivity index (χ3n) is 2.34. The number of hydrogen-bond acceptors (Lipinski definition) is 5. The van der Waals surface area contributed by atoms with Gasteiger partial charge < -0.3 is 10.4 Å². The fraction of sp³-hybridized carbons (Fsp3) is 0.273. The minimum atomic E-state index is 0.198. The lowest BCUT2D eigenvalue weighted by molar-refractivity contribution is 0.475. The summed E-state index contributed by atoms with van der Waals surface area (Å²) in [6.07, 6.45) is 0. The molecule has 1 unspecified atom stereocenters. The molecule has 1 aromatic carbocycles. The first kappa shape index (κ1) is 11.0. The molecular weight excluding hydrogens is 222 g/mol. The SMILES string of the molecule is CNC(C)c1nnc(-c2cccc(O)c2)s1. The van der Waals surface area contributed by atoms with E-state index in [1.165, 1.54) is 11.3 Å². The van der Waals surface area contributed by atoms with E-state index in [1.807, 2.05) is 20.0 Å². The molecule has 0 spiro atoms. The number of benzene rings is 1. The summed E-state index contributed by atoms with van der Waals surface area (Å²) < 4.78 is 0. The van der Waals surface area contributed by atoms with Crippen LogP contribution in [0.2, 0.25) is 0 Å². The lowest BCUT2D eigenvalue weighted by Gasteiger charge is -2.02. The smallest absolute Gasteiger partial charge is 0.147 e. The van der Waals surface area contributed by atoms with Crippen LogP contribution in [0.3, 0.4) is 0 Å². The first-order valence-corrected chi connectivity index (χ1v) is 5.82. The van der Waals surface area contributed by atoms with Crippen LogP contribution in [0, 0.1) is 0 Å². The summed E-state index contributed by atoms with van der Waals surface area (Å²) >= 11 is 1.53. The second kappa shape index (κ2) is 4.59. The van der Waals surface area contributed by atoms with Gasteiger partial charge in [-0.2, -0.15) is 0 Å². The van der Waals surface area contributed by atoms with Crippen molar-refractivity contribution in [1.82, 2.24) is 15.5 Å². The molecule has 16 heavy (non-hydrogen) atoms. The zero-order valence-electron chi connectivity index (χ0n) is 9.14. The van der Waals surface area contributed by atoms with Crippen LogP contribution < -0.4 is 5.32 Å². The van der Waals surface area contributed by atoms with Gasteiger partial charge in [0.2, 0.25) is 0 Å². The van der Waals surface area contributed by atoms with Crippen molar-refractivity contribution in [1.29, 1.82) is 0 Å². The average molecular weight is 235 g/mol. The number of aromatic nitrogens is 2. The Labute approximate surface area is 98.0 Å². The Morgan fingerprint density at radius 2 is 2.19 bits per heavy atom. The minimum Gasteiger partial charge on any atom is -0.508 e. The standard InChI is InChI=1S/C11H13N3OS/c1-7(12-2)10-13-14-11(16-10)8-4-3-5-9(15)6-8/h3-7,12,15H,1-2H3. The molecule has 2 N–H and O–H groups in total. The molecule has 0 aliphatic heterocycles. The van der Waals surface area contributed by atoms with Crippen LogP contribution in [0.5, 0.6) is 5.75 Å². The van der Waals surface area contributed by atoms with Gasteiger partial charge in [0.25, 0.3) is 0 Å². The summed E-state index contributed by atoms with van der Waals surface area (Å²) in [7, 11) is 1.89. The van der Waals surface area contributed by atoms with Gasteiger partial charge in [-0.15, -0.1) is 10.2 Å². The molecule has 84 valence electrons. The van der Waals surface area contributed by atoms with Gasteiger partial charge >= 0.3 is 0 Å². The Kier molecular flexibility index (Phi) is 3.17. The van der Waals surface area contributed by atoms with E-state index in [4.69, 9.17) is 0 Å². The third kappa shape index (κ3) is 2.20. The van der Waals surface area contributed by atoms with Crippen LogP contribution in [0.25, 0.3) is 10.6 Å². The van der Waals surface area contributed by atoms with Gasteiger partial charge in [-0.3, -0.25) is 0 Å². The van der Waals surface area contributed by atoms with Gasteiger partial charge in [-0.1, -0.05) is 23.5 Å². The summed E-state index contributed by atoms with van der Waals surface area (Å²) in [6.45, 7) is 2.03. The maximum Gasteiger partial charge on any atom is 0.147 e. The topological polar surface area (TPSA) is 58.0 Å². The Morgan fingerprint density at radius 1 is 1.38 bits per heavy atom. The summed E-state index contributed by atoms with van der Waals surface area (Å²) in [5, 5.41) is 22.5. The number of phenols is 1. The zero-order valence-corrected chi connectivity index (χ0v) is 9.95. The van der Waals surface area contributed by atoms with Gasteiger partial charge in [-0.05, 0) is 26.1 Å².